The molecule has 4 heteroatoms. The van der Waals surface area contributed by atoms with Crippen molar-refractivity contribution in [2.75, 3.05) is 25.6 Å². The fourth-order valence-electron chi connectivity index (χ4n) is 1.27. The molecule has 0 aliphatic heterocycles. The van der Waals surface area contributed by atoms with Crippen LogP contribution in [0.5, 0.6) is 11.5 Å². The van der Waals surface area contributed by atoms with Crippen LogP contribution in [0.3, 0.4) is 0 Å². The maximum Gasteiger partial charge on any atom is 0.144 e. The molecule has 0 heterocycles. The minimum absolute atomic E-state index is 0.569. The topological polar surface area (TPSA) is 30.5 Å². The van der Waals surface area contributed by atoms with Gasteiger partial charge in [0.15, 0.2) is 0 Å². The number of halogens is 1. The maximum atomic E-state index is 6.04. The van der Waals surface area contributed by atoms with E-state index >= 15 is 0 Å². The second-order valence-corrected chi connectivity index (χ2v) is 3.30. The van der Waals surface area contributed by atoms with Crippen molar-refractivity contribution < 1.29 is 9.47 Å². The van der Waals surface area contributed by atoms with Crippen molar-refractivity contribution in [2.24, 2.45) is 0 Å². The molecule has 1 rings (SSSR count). The predicted octanol–water partition coefficient (Wildman–Crippen LogP) is 3.18. The molecule has 84 valence electrons. The van der Waals surface area contributed by atoms with Crippen LogP contribution in [0.4, 0.5) is 5.69 Å². The first-order valence-electron chi connectivity index (χ1n) is 4.99. The summed E-state index contributed by atoms with van der Waals surface area (Å²) in [5, 5.41) is 3.61. The van der Waals surface area contributed by atoms with Crippen molar-refractivity contribution in [3.63, 3.8) is 0 Å². The van der Waals surface area contributed by atoms with Crippen molar-refractivity contribution in [3.8, 4) is 11.5 Å². The van der Waals surface area contributed by atoms with E-state index in [2.05, 4.69) is 5.32 Å². The summed E-state index contributed by atoms with van der Waals surface area (Å²) in [5.74, 6) is 1.42. The van der Waals surface area contributed by atoms with Crippen molar-refractivity contribution in [1.29, 1.82) is 0 Å². The van der Waals surface area contributed by atoms with E-state index in [4.69, 9.17) is 21.1 Å². The smallest absolute Gasteiger partial charge is 0.144 e. The van der Waals surface area contributed by atoms with Gasteiger partial charge in [0.25, 0.3) is 0 Å². The Balaban J connectivity index is 3.04. The van der Waals surface area contributed by atoms with Crippen molar-refractivity contribution in [1.82, 2.24) is 0 Å². The Hall–Kier alpha value is -1.09. The van der Waals surface area contributed by atoms with E-state index in [1.165, 1.54) is 0 Å². The molecule has 0 aliphatic carbocycles. The highest BCUT2D eigenvalue weighted by molar-refractivity contribution is 6.32. The molecule has 0 radical (unpaired) electrons. The average Bonchev–Trinajstić information content (AvgIpc) is 2.22. The van der Waals surface area contributed by atoms with Gasteiger partial charge < -0.3 is 14.8 Å². The van der Waals surface area contributed by atoms with E-state index in [-0.39, 0.29) is 0 Å². The lowest BCUT2D eigenvalue weighted by Crippen LogP contribution is -1.99. The normalized spacial score (nSPS) is 9.87. The Bertz CT molecular complexity index is 329. The fraction of sp³-hybridized carbons (Fsp3) is 0.455. The van der Waals surface area contributed by atoms with Crippen LogP contribution in [0.25, 0.3) is 0 Å². The summed E-state index contributed by atoms with van der Waals surface area (Å²) in [6, 6.07) is 3.61. The standard InChI is InChI=1S/C11H16ClNO2/c1-4-14-10-7-9(13-3)11(15-5-2)6-8(10)12/h6-7,13H,4-5H2,1-3H3. The quantitative estimate of drug-likeness (QED) is 0.841. The van der Waals surface area contributed by atoms with E-state index in [9.17, 15) is 0 Å². The van der Waals surface area contributed by atoms with Crippen molar-refractivity contribution >= 4 is 17.3 Å². The monoisotopic (exact) mass is 229 g/mol. The van der Waals surface area contributed by atoms with Crippen molar-refractivity contribution in [2.45, 2.75) is 13.8 Å². The highest BCUT2D eigenvalue weighted by Gasteiger charge is 2.09. The summed E-state index contributed by atoms with van der Waals surface area (Å²) >= 11 is 6.04. The average molecular weight is 230 g/mol. The molecular weight excluding hydrogens is 214 g/mol. The molecule has 0 saturated heterocycles. The number of hydrogen-bond donors (Lipinski definition) is 1. The summed E-state index contributed by atoms with van der Waals surface area (Å²) < 4.78 is 10.8. The third kappa shape index (κ3) is 2.93. The number of nitrogens with one attached hydrogen (secondary N) is 1. The van der Waals surface area contributed by atoms with Crippen LogP contribution in [0.15, 0.2) is 12.1 Å². The van der Waals surface area contributed by atoms with Gasteiger partial charge in [-0.15, -0.1) is 0 Å². The Morgan fingerprint density at radius 3 is 2.27 bits per heavy atom. The molecule has 0 saturated carbocycles. The molecule has 0 spiro atoms. The summed E-state index contributed by atoms with van der Waals surface area (Å²) in [4.78, 5) is 0. The maximum absolute atomic E-state index is 6.04. The molecule has 3 nitrogen and oxygen atoms in total. The molecule has 0 amide bonds. The van der Waals surface area contributed by atoms with Gasteiger partial charge in [-0.1, -0.05) is 11.6 Å². The van der Waals surface area contributed by atoms with Crippen LogP contribution >= 0.6 is 11.6 Å². The third-order valence-corrected chi connectivity index (χ3v) is 2.20. The number of ether oxygens (including phenoxy) is 2. The van der Waals surface area contributed by atoms with Crippen molar-refractivity contribution in [3.05, 3.63) is 17.2 Å². The van der Waals surface area contributed by atoms with E-state index < -0.39 is 0 Å². The van der Waals surface area contributed by atoms with Crippen LogP contribution in [0, 0.1) is 0 Å². The first-order chi connectivity index (χ1) is 7.22. The number of benzene rings is 1. The Labute approximate surface area is 95.3 Å². The van der Waals surface area contributed by atoms with Gasteiger partial charge in [-0.05, 0) is 13.8 Å². The molecule has 0 aromatic heterocycles. The fourth-order valence-corrected chi connectivity index (χ4v) is 1.48. The zero-order valence-corrected chi connectivity index (χ0v) is 10.0. The molecular formula is C11H16ClNO2. The van der Waals surface area contributed by atoms with Gasteiger partial charge in [0, 0.05) is 19.2 Å². The molecule has 1 N–H and O–H groups in total. The van der Waals surface area contributed by atoms with E-state index in [0.29, 0.717) is 24.0 Å². The van der Waals surface area contributed by atoms with Gasteiger partial charge in [0.2, 0.25) is 0 Å². The van der Waals surface area contributed by atoms with E-state index in [1.807, 2.05) is 27.0 Å². The second kappa shape index (κ2) is 5.71. The Morgan fingerprint density at radius 2 is 1.73 bits per heavy atom. The number of rotatable bonds is 5. The van der Waals surface area contributed by atoms with E-state index in [0.717, 1.165) is 11.4 Å². The molecule has 1 aromatic rings. The number of hydrogen-bond acceptors (Lipinski definition) is 3. The highest BCUT2D eigenvalue weighted by Crippen LogP contribution is 2.35. The largest absolute Gasteiger partial charge is 0.492 e. The molecule has 15 heavy (non-hydrogen) atoms. The first kappa shape index (κ1) is 12.0. The summed E-state index contributed by atoms with van der Waals surface area (Å²) in [6.45, 7) is 5.06. The molecule has 0 unspecified atom stereocenters. The molecule has 1 aromatic carbocycles. The third-order valence-electron chi connectivity index (χ3n) is 1.90. The van der Waals surface area contributed by atoms with Crippen LogP contribution in [0.1, 0.15) is 13.8 Å². The SMILES string of the molecule is CCOc1cc(NC)c(OCC)cc1Cl. The minimum Gasteiger partial charge on any atom is -0.492 e. The lowest BCUT2D eigenvalue weighted by Gasteiger charge is -2.13. The lowest BCUT2D eigenvalue weighted by molar-refractivity contribution is 0.332. The Kier molecular flexibility index (Phi) is 4.56. The van der Waals surface area contributed by atoms with Crippen LogP contribution in [-0.2, 0) is 0 Å². The zero-order valence-electron chi connectivity index (χ0n) is 9.26. The van der Waals surface area contributed by atoms with Gasteiger partial charge in [-0.3, -0.25) is 0 Å². The highest BCUT2D eigenvalue weighted by atomic mass is 35.5. The second-order valence-electron chi connectivity index (χ2n) is 2.89. The van der Waals surface area contributed by atoms with Gasteiger partial charge >= 0.3 is 0 Å². The first-order valence-corrected chi connectivity index (χ1v) is 5.37. The molecule has 0 atom stereocenters. The number of anilines is 1. The minimum atomic E-state index is 0.569. The van der Waals surface area contributed by atoms with Gasteiger partial charge in [0.05, 0.1) is 23.9 Å². The molecule has 0 bridgehead atoms. The summed E-state index contributed by atoms with van der Waals surface area (Å²) in [5.41, 5.74) is 0.879. The van der Waals surface area contributed by atoms with Gasteiger partial charge in [-0.25, -0.2) is 0 Å². The molecule has 0 aliphatic rings. The predicted molar refractivity (Wildman–Crippen MR) is 63.3 cm³/mol. The summed E-state index contributed by atoms with van der Waals surface area (Å²) in [6.07, 6.45) is 0. The van der Waals surface area contributed by atoms with Crippen LogP contribution in [0.2, 0.25) is 5.02 Å². The molecule has 0 fully saturated rings. The Morgan fingerprint density at radius 1 is 1.13 bits per heavy atom. The van der Waals surface area contributed by atoms with Crippen LogP contribution in [-0.4, -0.2) is 20.3 Å². The van der Waals surface area contributed by atoms with Gasteiger partial charge in [0.1, 0.15) is 11.5 Å². The zero-order chi connectivity index (χ0) is 11.3. The van der Waals surface area contributed by atoms with Crippen LogP contribution < -0.4 is 14.8 Å². The lowest BCUT2D eigenvalue weighted by atomic mass is 10.2. The van der Waals surface area contributed by atoms with Gasteiger partial charge in [-0.2, -0.15) is 0 Å². The summed E-state index contributed by atoms with van der Waals surface area (Å²) in [7, 11) is 1.83. The van der Waals surface area contributed by atoms with E-state index in [1.54, 1.807) is 6.07 Å².